The number of anilines is 2. The zero-order chi connectivity index (χ0) is 15.0. The molecule has 0 aromatic heterocycles. The summed E-state index contributed by atoms with van der Waals surface area (Å²) in [6.07, 6.45) is 0. The van der Waals surface area contributed by atoms with Crippen LogP contribution in [0.4, 0.5) is 11.4 Å². The minimum atomic E-state index is -0.472. The fourth-order valence-corrected chi connectivity index (χ4v) is 3.35. The molecule has 0 aliphatic carbocycles. The van der Waals surface area contributed by atoms with Crippen molar-refractivity contribution in [1.82, 2.24) is 0 Å². The van der Waals surface area contributed by atoms with Crippen molar-refractivity contribution in [3.8, 4) is 5.75 Å². The first-order valence-corrected chi connectivity index (χ1v) is 7.46. The molecule has 1 amide bonds. The Morgan fingerprint density at radius 1 is 1.33 bits per heavy atom. The van der Waals surface area contributed by atoms with E-state index in [1.54, 1.807) is 19.2 Å². The number of carbonyl (C=O) groups excluding carboxylic acids is 1. The third-order valence-electron chi connectivity index (χ3n) is 3.30. The van der Waals surface area contributed by atoms with Crippen molar-refractivity contribution < 1.29 is 9.53 Å². The molecular formula is C15H12BrClN2O2. The molecule has 0 fully saturated rings. The number of para-hydroxylation sites is 1. The molecule has 0 saturated carbocycles. The Bertz CT molecular complexity index is 721. The van der Waals surface area contributed by atoms with Gasteiger partial charge in [0.15, 0.2) is 5.75 Å². The van der Waals surface area contributed by atoms with Gasteiger partial charge in [0.25, 0.3) is 5.91 Å². The minimum Gasteiger partial charge on any atom is -0.493 e. The lowest BCUT2D eigenvalue weighted by molar-refractivity contribution is -0.116. The number of ether oxygens (including phenoxy) is 1. The summed E-state index contributed by atoms with van der Waals surface area (Å²) in [7, 11) is 1.57. The van der Waals surface area contributed by atoms with Crippen LogP contribution < -0.4 is 15.4 Å². The van der Waals surface area contributed by atoms with Gasteiger partial charge in [-0.15, -0.1) is 0 Å². The van der Waals surface area contributed by atoms with Crippen LogP contribution >= 0.6 is 27.5 Å². The lowest BCUT2D eigenvalue weighted by atomic mass is 10.1. The SMILES string of the molecule is COc1c(Br)cc(Cl)cc1NC1C(=O)Nc2ccccc21. The first kappa shape index (κ1) is 14.2. The van der Waals surface area contributed by atoms with Gasteiger partial charge in [0.2, 0.25) is 0 Å². The number of fused-ring (bicyclic) bond motifs is 1. The van der Waals surface area contributed by atoms with Crippen LogP contribution in [0.5, 0.6) is 5.75 Å². The predicted octanol–water partition coefficient (Wildman–Crippen LogP) is 4.22. The quantitative estimate of drug-likeness (QED) is 0.854. The Morgan fingerprint density at radius 3 is 2.86 bits per heavy atom. The fourth-order valence-electron chi connectivity index (χ4n) is 2.38. The lowest BCUT2D eigenvalue weighted by Crippen LogP contribution is -2.20. The molecule has 0 bridgehead atoms. The van der Waals surface area contributed by atoms with Crippen molar-refractivity contribution >= 4 is 44.8 Å². The summed E-state index contributed by atoms with van der Waals surface area (Å²) in [5.74, 6) is 0.505. The van der Waals surface area contributed by atoms with E-state index in [1.165, 1.54) is 0 Å². The smallest absolute Gasteiger partial charge is 0.251 e. The molecule has 6 heteroatoms. The maximum absolute atomic E-state index is 12.1. The highest BCUT2D eigenvalue weighted by molar-refractivity contribution is 9.10. The van der Waals surface area contributed by atoms with Crippen molar-refractivity contribution in [2.45, 2.75) is 6.04 Å². The molecular weight excluding hydrogens is 356 g/mol. The number of benzene rings is 2. The van der Waals surface area contributed by atoms with E-state index in [2.05, 4.69) is 26.6 Å². The molecule has 2 aromatic carbocycles. The predicted molar refractivity (Wildman–Crippen MR) is 87.1 cm³/mol. The maximum atomic E-state index is 12.1. The molecule has 108 valence electrons. The second-order valence-corrected chi connectivity index (χ2v) is 5.91. The van der Waals surface area contributed by atoms with Crippen molar-refractivity contribution in [3.63, 3.8) is 0 Å². The number of halogens is 2. The number of hydrogen-bond donors (Lipinski definition) is 2. The van der Waals surface area contributed by atoms with Crippen LogP contribution in [0.25, 0.3) is 0 Å². The number of amides is 1. The Morgan fingerprint density at radius 2 is 2.10 bits per heavy atom. The third-order valence-corrected chi connectivity index (χ3v) is 4.11. The van der Waals surface area contributed by atoms with Crippen LogP contribution in [-0.2, 0) is 4.79 Å². The number of methoxy groups -OCH3 is 1. The minimum absolute atomic E-state index is 0.102. The molecule has 3 rings (SSSR count). The summed E-state index contributed by atoms with van der Waals surface area (Å²) in [5.41, 5.74) is 2.38. The van der Waals surface area contributed by atoms with Crippen LogP contribution in [0.15, 0.2) is 40.9 Å². The van der Waals surface area contributed by atoms with Crippen molar-refractivity contribution in [2.75, 3.05) is 17.7 Å². The fraction of sp³-hybridized carbons (Fsp3) is 0.133. The van der Waals surface area contributed by atoms with Gasteiger partial charge >= 0.3 is 0 Å². The largest absolute Gasteiger partial charge is 0.493 e. The monoisotopic (exact) mass is 366 g/mol. The molecule has 1 aliphatic heterocycles. The Labute approximate surface area is 135 Å². The Balaban J connectivity index is 2.00. The first-order chi connectivity index (χ1) is 10.1. The van der Waals surface area contributed by atoms with E-state index in [0.717, 1.165) is 15.7 Å². The van der Waals surface area contributed by atoms with Gasteiger partial charge in [0.1, 0.15) is 6.04 Å². The maximum Gasteiger partial charge on any atom is 0.251 e. The summed E-state index contributed by atoms with van der Waals surface area (Å²) < 4.78 is 6.09. The standard InChI is InChI=1S/C15H12BrClN2O2/c1-21-14-10(16)6-8(17)7-12(14)18-13-9-4-2-3-5-11(9)19-15(13)20/h2-7,13,18H,1H3,(H,19,20). The molecule has 2 N–H and O–H groups in total. The summed E-state index contributed by atoms with van der Waals surface area (Å²) in [6.45, 7) is 0. The van der Waals surface area contributed by atoms with E-state index in [4.69, 9.17) is 16.3 Å². The second kappa shape index (κ2) is 5.58. The van der Waals surface area contributed by atoms with E-state index < -0.39 is 6.04 Å². The molecule has 0 spiro atoms. The highest BCUT2D eigenvalue weighted by atomic mass is 79.9. The second-order valence-electron chi connectivity index (χ2n) is 4.62. The van der Waals surface area contributed by atoms with E-state index in [0.29, 0.717) is 16.5 Å². The number of rotatable bonds is 3. The van der Waals surface area contributed by atoms with Crippen LogP contribution in [0.3, 0.4) is 0 Å². The van der Waals surface area contributed by atoms with E-state index in [1.807, 2.05) is 24.3 Å². The molecule has 4 nitrogen and oxygen atoms in total. The summed E-state index contributed by atoms with van der Waals surface area (Å²) in [4.78, 5) is 12.1. The molecule has 1 unspecified atom stereocenters. The van der Waals surface area contributed by atoms with Crippen molar-refractivity contribution in [2.24, 2.45) is 0 Å². The van der Waals surface area contributed by atoms with Crippen molar-refractivity contribution in [1.29, 1.82) is 0 Å². The van der Waals surface area contributed by atoms with E-state index >= 15 is 0 Å². The summed E-state index contributed by atoms with van der Waals surface area (Å²) in [6, 6.07) is 10.6. The van der Waals surface area contributed by atoms with E-state index in [9.17, 15) is 4.79 Å². The third kappa shape index (κ3) is 2.59. The van der Waals surface area contributed by atoms with Gasteiger partial charge in [0.05, 0.1) is 17.3 Å². The van der Waals surface area contributed by atoms with Crippen LogP contribution in [-0.4, -0.2) is 13.0 Å². The van der Waals surface area contributed by atoms with Crippen LogP contribution in [0.1, 0.15) is 11.6 Å². The first-order valence-electron chi connectivity index (χ1n) is 6.29. The van der Waals surface area contributed by atoms with Gasteiger partial charge in [0, 0.05) is 16.3 Å². The molecule has 1 aliphatic rings. The average Bonchev–Trinajstić information content (AvgIpc) is 2.75. The number of carbonyl (C=O) groups is 1. The zero-order valence-corrected chi connectivity index (χ0v) is 13.5. The molecule has 21 heavy (non-hydrogen) atoms. The van der Waals surface area contributed by atoms with Gasteiger partial charge in [-0.3, -0.25) is 4.79 Å². The average molecular weight is 368 g/mol. The molecule has 1 heterocycles. The molecule has 0 radical (unpaired) electrons. The van der Waals surface area contributed by atoms with Gasteiger partial charge < -0.3 is 15.4 Å². The van der Waals surface area contributed by atoms with Gasteiger partial charge in [-0.1, -0.05) is 29.8 Å². The molecule has 2 aromatic rings. The van der Waals surface area contributed by atoms with Gasteiger partial charge in [-0.25, -0.2) is 0 Å². The molecule has 1 atom stereocenters. The van der Waals surface area contributed by atoms with Crippen LogP contribution in [0, 0.1) is 0 Å². The Kier molecular flexibility index (Phi) is 3.78. The highest BCUT2D eigenvalue weighted by Crippen LogP contribution is 2.40. The number of hydrogen-bond acceptors (Lipinski definition) is 3. The molecule has 0 saturated heterocycles. The zero-order valence-electron chi connectivity index (χ0n) is 11.1. The highest BCUT2D eigenvalue weighted by Gasteiger charge is 2.30. The summed E-state index contributed by atoms with van der Waals surface area (Å²) in [5, 5.41) is 6.60. The topological polar surface area (TPSA) is 50.4 Å². The van der Waals surface area contributed by atoms with Crippen molar-refractivity contribution in [3.05, 3.63) is 51.5 Å². The van der Waals surface area contributed by atoms with E-state index in [-0.39, 0.29) is 5.91 Å². The number of nitrogens with one attached hydrogen (secondary N) is 2. The summed E-state index contributed by atoms with van der Waals surface area (Å²) >= 11 is 9.48. The van der Waals surface area contributed by atoms with Gasteiger partial charge in [-0.05, 0) is 34.1 Å². The van der Waals surface area contributed by atoms with Gasteiger partial charge in [-0.2, -0.15) is 0 Å². The Hall–Kier alpha value is -1.72. The lowest BCUT2D eigenvalue weighted by Gasteiger charge is -2.17. The van der Waals surface area contributed by atoms with Crippen LogP contribution in [0.2, 0.25) is 5.02 Å². The normalized spacial score (nSPS) is 16.3.